The van der Waals surface area contributed by atoms with Gasteiger partial charge in [0, 0.05) is 24.6 Å². The smallest absolute Gasteiger partial charge is 0.269 e. The minimum atomic E-state index is -0.0505. The standard InChI is InChI=1S/C28H27N3O2S2/c1-19(21-12-8-5-9-13-21)29-28-31(17-16-20-10-6-4-7-11-20)26(32)25(35-28)27-30(2)23-18-22(33-3)14-15-24(23)34-27/h4-15,18-19H,16-17H2,1-3H3/b27-25-,29-28?/t19-/m0/s1. The number of anilines is 1. The number of benzene rings is 3. The molecule has 1 atom stereocenters. The molecule has 0 N–H and O–H groups in total. The molecule has 0 aliphatic carbocycles. The van der Waals surface area contributed by atoms with Crippen molar-refractivity contribution in [2.24, 2.45) is 4.99 Å². The highest BCUT2D eigenvalue weighted by Gasteiger charge is 2.39. The van der Waals surface area contributed by atoms with Crippen molar-refractivity contribution >= 4 is 40.3 Å². The number of thioether (sulfide) groups is 2. The van der Waals surface area contributed by atoms with Gasteiger partial charge in [0.25, 0.3) is 5.91 Å². The lowest BCUT2D eigenvalue weighted by Crippen LogP contribution is -2.32. The first-order valence-electron chi connectivity index (χ1n) is 11.6. The number of hydrogen-bond acceptors (Lipinski definition) is 6. The predicted octanol–water partition coefficient (Wildman–Crippen LogP) is 6.34. The lowest BCUT2D eigenvalue weighted by molar-refractivity contribution is -0.122. The molecule has 2 aliphatic rings. The molecule has 178 valence electrons. The van der Waals surface area contributed by atoms with Crippen LogP contribution in [0.15, 0.2) is 98.7 Å². The van der Waals surface area contributed by atoms with Crippen LogP contribution in [-0.2, 0) is 11.2 Å². The molecule has 1 fully saturated rings. The fourth-order valence-electron chi connectivity index (χ4n) is 4.14. The maximum Gasteiger partial charge on any atom is 0.269 e. The maximum atomic E-state index is 13.8. The van der Waals surface area contributed by atoms with Crippen molar-refractivity contribution in [3.05, 3.63) is 99.9 Å². The van der Waals surface area contributed by atoms with Gasteiger partial charge in [-0.3, -0.25) is 14.7 Å². The van der Waals surface area contributed by atoms with Gasteiger partial charge in [0.05, 0.1) is 23.9 Å². The average Bonchev–Trinajstić information content (AvgIpc) is 3.39. The Hall–Kier alpha value is -3.16. The maximum absolute atomic E-state index is 13.8. The molecule has 0 aromatic heterocycles. The van der Waals surface area contributed by atoms with Crippen molar-refractivity contribution in [2.75, 3.05) is 25.6 Å². The summed E-state index contributed by atoms with van der Waals surface area (Å²) in [5.74, 6) is 0.815. The Morgan fingerprint density at radius 2 is 1.69 bits per heavy atom. The average molecular weight is 502 g/mol. The zero-order valence-corrected chi connectivity index (χ0v) is 21.6. The molecule has 5 nitrogen and oxygen atoms in total. The summed E-state index contributed by atoms with van der Waals surface area (Å²) in [7, 11) is 3.67. The van der Waals surface area contributed by atoms with Gasteiger partial charge < -0.3 is 9.64 Å². The number of nitrogens with zero attached hydrogens (tertiary/aromatic N) is 3. The molecular weight excluding hydrogens is 474 g/mol. The molecule has 0 saturated carbocycles. The van der Waals surface area contributed by atoms with Gasteiger partial charge in [0.2, 0.25) is 0 Å². The van der Waals surface area contributed by atoms with Gasteiger partial charge in [-0.1, -0.05) is 72.4 Å². The Kier molecular flexibility index (Phi) is 6.88. The van der Waals surface area contributed by atoms with E-state index < -0.39 is 0 Å². The van der Waals surface area contributed by atoms with Crippen LogP contribution >= 0.6 is 23.5 Å². The van der Waals surface area contributed by atoms with Crippen LogP contribution in [0, 0.1) is 0 Å². The SMILES string of the molecule is COc1ccc2c(c1)N(C)/C(=C1/SC(=N[C@@H](C)c3ccccc3)N(CCc3ccccc3)C1=O)S2. The van der Waals surface area contributed by atoms with Gasteiger partial charge in [-0.2, -0.15) is 0 Å². The minimum absolute atomic E-state index is 0.0130. The molecular formula is C28H27N3O2S2. The zero-order chi connectivity index (χ0) is 24.4. The largest absolute Gasteiger partial charge is 0.497 e. The predicted molar refractivity (Wildman–Crippen MR) is 146 cm³/mol. The summed E-state index contributed by atoms with van der Waals surface area (Å²) in [6.07, 6.45) is 0.773. The quantitative estimate of drug-likeness (QED) is 0.369. The highest BCUT2D eigenvalue weighted by atomic mass is 32.2. The second-order valence-corrected chi connectivity index (χ2v) is 10.4. The summed E-state index contributed by atoms with van der Waals surface area (Å²) in [4.78, 5) is 24.5. The summed E-state index contributed by atoms with van der Waals surface area (Å²) >= 11 is 3.10. The van der Waals surface area contributed by atoms with E-state index in [1.54, 1.807) is 18.9 Å². The molecule has 7 heteroatoms. The van der Waals surface area contributed by atoms with E-state index in [9.17, 15) is 4.79 Å². The van der Waals surface area contributed by atoms with Crippen LogP contribution in [0.25, 0.3) is 0 Å². The Labute approximate surface area is 214 Å². The molecule has 2 aliphatic heterocycles. The monoisotopic (exact) mass is 501 g/mol. The van der Waals surface area contributed by atoms with E-state index in [2.05, 4.69) is 36.1 Å². The molecule has 3 aromatic carbocycles. The van der Waals surface area contributed by atoms with E-state index in [-0.39, 0.29) is 11.9 Å². The number of ether oxygens (including phenoxy) is 1. The van der Waals surface area contributed by atoms with Crippen LogP contribution in [0.3, 0.4) is 0 Å². The van der Waals surface area contributed by atoms with E-state index in [1.807, 2.05) is 66.5 Å². The molecule has 0 bridgehead atoms. The lowest BCUT2D eigenvalue weighted by atomic mass is 10.1. The third kappa shape index (κ3) is 4.83. The van der Waals surface area contributed by atoms with Crippen LogP contribution in [0.2, 0.25) is 0 Å². The second kappa shape index (κ2) is 10.2. The summed E-state index contributed by atoms with van der Waals surface area (Å²) in [6, 6.07) is 26.4. The molecule has 3 aromatic rings. The van der Waals surface area contributed by atoms with Crippen molar-refractivity contribution in [3.63, 3.8) is 0 Å². The topological polar surface area (TPSA) is 45.1 Å². The lowest BCUT2D eigenvalue weighted by Gasteiger charge is -2.18. The summed E-state index contributed by atoms with van der Waals surface area (Å²) in [5.41, 5.74) is 3.38. The van der Waals surface area contributed by atoms with Gasteiger partial charge >= 0.3 is 0 Å². The van der Waals surface area contributed by atoms with Gasteiger partial charge in [0.15, 0.2) is 5.17 Å². The molecule has 5 rings (SSSR count). The first kappa shape index (κ1) is 23.6. The van der Waals surface area contributed by atoms with E-state index in [0.29, 0.717) is 6.54 Å². The van der Waals surface area contributed by atoms with Crippen molar-refractivity contribution in [3.8, 4) is 5.75 Å². The molecule has 1 saturated heterocycles. The molecule has 2 heterocycles. The van der Waals surface area contributed by atoms with Crippen molar-refractivity contribution in [1.82, 2.24) is 4.90 Å². The molecule has 1 amide bonds. The van der Waals surface area contributed by atoms with E-state index in [4.69, 9.17) is 9.73 Å². The summed E-state index contributed by atoms with van der Waals surface area (Å²) in [5, 5.41) is 1.69. The van der Waals surface area contributed by atoms with Gasteiger partial charge in [-0.05, 0) is 48.4 Å². The highest BCUT2D eigenvalue weighted by Crippen LogP contribution is 2.51. The number of fused-ring (bicyclic) bond motifs is 1. The van der Waals surface area contributed by atoms with Gasteiger partial charge in [-0.15, -0.1) is 0 Å². The Bertz CT molecular complexity index is 1290. The van der Waals surface area contributed by atoms with E-state index in [1.165, 1.54) is 17.3 Å². The third-order valence-corrected chi connectivity index (χ3v) is 8.60. The van der Waals surface area contributed by atoms with Crippen molar-refractivity contribution in [2.45, 2.75) is 24.3 Å². The fourth-order valence-corrected chi connectivity index (χ4v) is 6.55. The summed E-state index contributed by atoms with van der Waals surface area (Å²) in [6.45, 7) is 2.66. The van der Waals surface area contributed by atoms with E-state index >= 15 is 0 Å². The number of amides is 1. The minimum Gasteiger partial charge on any atom is -0.497 e. The normalized spacial score (nSPS) is 19.4. The van der Waals surface area contributed by atoms with Crippen LogP contribution < -0.4 is 9.64 Å². The first-order valence-corrected chi connectivity index (χ1v) is 13.2. The second-order valence-electron chi connectivity index (χ2n) is 8.42. The van der Waals surface area contributed by atoms with Crippen LogP contribution in [0.1, 0.15) is 24.1 Å². The first-order chi connectivity index (χ1) is 17.0. The molecule has 0 radical (unpaired) electrons. The van der Waals surface area contributed by atoms with Gasteiger partial charge in [0.1, 0.15) is 10.7 Å². The molecule has 35 heavy (non-hydrogen) atoms. The number of rotatable bonds is 6. The highest BCUT2D eigenvalue weighted by molar-refractivity contribution is 8.19. The molecule has 0 unspecified atom stereocenters. The number of hydrogen-bond donors (Lipinski definition) is 0. The Morgan fingerprint density at radius 3 is 2.40 bits per heavy atom. The fraction of sp³-hybridized carbons (Fsp3) is 0.214. The number of carbonyl (C=O) groups is 1. The number of amidine groups is 1. The number of aliphatic imine (C=N–C) groups is 1. The Morgan fingerprint density at radius 1 is 0.971 bits per heavy atom. The zero-order valence-electron chi connectivity index (χ0n) is 20.0. The van der Waals surface area contributed by atoms with Crippen LogP contribution in [-0.4, -0.2) is 36.7 Å². The third-order valence-electron chi connectivity index (χ3n) is 6.15. The van der Waals surface area contributed by atoms with Crippen LogP contribution in [0.5, 0.6) is 5.75 Å². The van der Waals surface area contributed by atoms with Crippen molar-refractivity contribution < 1.29 is 9.53 Å². The molecule has 0 spiro atoms. The summed E-state index contributed by atoms with van der Waals surface area (Å²) < 4.78 is 5.41. The van der Waals surface area contributed by atoms with E-state index in [0.717, 1.165) is 43.4 Å². The number of methoxy groups -OCH3 is 1. The van der Waals surface area contributed by atoms with Crippen molar-refractivity contribution in [1.29, 1.82) is 0 Å². The van der Waals surface area contributed by atoms with Gasteiger partial charge in [-0.25, -0.2) is 0 Å². The van der Waals surface area contributed by atoms with Crippen LogP contribution in [0.4, 0.5) is 5.69 Å². The Balaban J connectivity index is 1.48. The number of carbonyl (C=O) groups excluding carboxylic acids is 1.